The van der Waals surface area contributed by atoms with Gasteiger partial charge in [-0.05, 0) is 32.9 Å². The zero-order valence-corrected chi connectivity index (χ0v) is 12.7. The van der Waals surface area contributed by atoms with E-state index in [-0.39, 0.29) is 11.9 Å². The van der Waals surface area contributed by atoms with Gasteiger partial charge in [-0.15, -0.1) is 5.10 Å². The molecule has 0 spiro atoms. The lowest BCUT2D eigenvalue weighted by Crippen LogP contribution is -2.36. The number of hydrogen-bond donors (Lipinski definition) is 2. The molecule has 1 amide bonds. The summed E-state index contributed by atoms with van der Waals surface area (Å²) in [7, 11) is -0.930. The van der Waals surface area contributed by atoms with Crippen LogP contribution in [0.1, 0.15) is 36.3 Å². The van der Waals surface area contributed by atoms with E-state index in [2.05, 4.69) is 20.9 Å². The highest BCUT2D eigenvalue weighted by Gasteiger charge is 2.19. The second-order valence-electron chi connectivity index (χ2n) is 5.18. The highest BCUT2D eigenvalue weighted by atomic mass is 32.2. The fraction of sp³-hybridized carbons (Fsp3) is 0.750. The first-order valence-corrected chi connectivity index (χ1v) is 8.52. The molecule has 1 aliphatic rings. The Morgan fingerprint density at radius 2 is 2.30 bits per heavy atom. The third-order valence-corrected chi connectivity index (χ3v) is 4.26. The van der Waals surface area contributed by atoms with Crippen LogP contribution in [0, 0.1) is 0 Å². The molecule has 0 bridgehead atoms. The number of rotatable bonds is 5. The molecule has 0 aromatic carbocycles. The number of carbonyl (C=O) groups excluding carboxylic acids is 1. The second kappa shape index (κ2) is 6.94. The number of hydrogen-bond acceptors (Lipinski definition) is 5. The van der Waals surface area contributed by atoms with Crippen LogP contribution in [0.25, 0.3) is 0 Å². The number of aromatic nitrogens is 3. The first-order valence-electron chi connectivity index (χ1n) is 6.79. The summed E-state index contributed by atoms with van der Waals surface area (Å²) < 4.78 is 12.9. The molecule has 112 valence electrons. The van der Waals surface area contributed by atoms with Crippen LogP contribution in [0.2, 0.25) is 0 Å². The van der Waals surface area contributed by atoms with Gasteiger partial charge in [0, 0.05) is 28.9 Å². The lowest BCUT2D eigenvalue weighted by molar-refractivity contribution is 0.0938. The van der Waals surface area contributed by atoms with E-state index in [1.165, 1.54) is 0 Å². The van der Waals surface area contributed by atoms with Crippen molar-refractivity contribution in [2.24, 2.45) is 0 Å². The molecule has 7 nitrogen and oxygen atoms in total. The van der Waals surface area contributed by atoms with E-state index in [0.29, 0.717) is 17.5 Å². The highest BCUT2D eigenvalue weighted by Crippen LogP contribution is 2.16. The Kier molecular flexibility index (Phi) is 5.24. The summed E-state index contributed by atoms with van der Waals surface area (Å²) in [6.07, 6.45) is 5.31. The molecule has 0 saturated carbocycles. The fourth-order valence-corrected chi connectivity index (χ4v) is 3.11. The van der Waals surface area contributed by atoms with Gasteiger partial charge in [-0.1, -0.05) is 5.21 Å². The highest BCUT2D eigenvalue weighted by molar-refractivity contribution is 7.84. The SMILES string of the molecule is CC(CS(C)=O)NC(=O)c1cn(C2CCNCC2)nn1. The van der Waals surface area contributed by atoms with Crippen molar-refractivity contribution in [3.63, 3.8) is 0 Å². The number of nitrogens with zero attached hydrogens (tertiary/aromatic N) is 3. The molecule has 2 N–H and O–H groups in total. The normalized spacial score (nSPS) is 19.5. The Bertz CT molecular complexity index is 484. The molecule has 2 atom stereocenters. The van der Waals surface area contributed by atoms with Crippen LogP contribution in [0.4, 0.5) is 0 Å². The summed E-state index contributed by atoms with van der Waals surface area (Å²) in [4.78, 5) is 12.0. The monoisotopic (exact) mass is 299 g/mol. The molecule has 0 radical (unpaired) electrons. The Balaban J connectivity index is 1.93. The minimum absolute atomic E-state index is 0.141. The smallest absolute Gasteiger partial charge is 0.273 e. The quantitative estimate of drug-likeness (QED) is 0.779. The summed E-state index contributed by atoms with van der Waals surface area (Å²) >= 11 is 0. The third-order valence-electron chi connectivity index (χ3n) is 3.29. The van der Waals surface area contributed by atoms with Crippen LogP contribution in [-0.2, 0) is 10.8 Å². The van der Waals surface area contributed by atoms with Crippen molar-refractivity contribution >= 4 is 16.7 Å². The maximum absolute atomic E-state index is 12.0. The van der Waals surface area contributed by atoms with E-state index in [4.69, 9.17) is 0 Å². The van der Waals surface area contributed by atoms with Crippen LogP contribution in [0.15, 0.2) is 6.20 Å². The maximum atomic E-state index is 12.0. The predicted octanol–water partition coefficient (Wildman–Crippen LogP) is -0.301. The molecule has 0 aliphatic carbocycles. The Morgan fingerprint density at radius 3 is 2.95 bits per heavy atom. The van der Waals surface area contributed by atoms with Crippen LogP contribution in [0.3, 0.4) is 0 Å². The van der Waals surface area contributed by atoms with E-state index < -0.39 is 10.8 Å². The predicted molar refractivity (Wildman–Crippen MR) is 77.0 cm³/mol. The van der Waals surface area contributed by atoms with Crippen molar-refractivity contribution in [3.05, 3.63) is 11.9 Å². The van der Waals surface area contributed by atoms with Gasteiger partial charge in [0.1, 0.15) is 0 Å². The average Bonchev–Trinajstić information content (AvgIpc) is 2.88. The molecule has 20 heavy (non-hydrogen) atoms. The van der Waals surface area contributed by atoms with Gasteiger partial charge in [-0.25, -0.2) is 4.68 Å². The summed E-state index contributed by atoms with van der Waals surface area (Å²) in [5.41, 5.74) is 0.317. The molecule has 1 fully saturated rings. The molecule has 2 rings (SSSR count). The first kappa shape index (κ1) is 15.1. The fourth-order valence-electron chi connectivity index (χ4n) is 2.32. The van der Waals surface area contributed by atoms with E-state index in [0.717, 1.165) is 25.9 Å². The van der Waals surface area contributed by atoms with Gasteiger partial charge in [0.05, 0.1) is 12.2 Å². The topological polar surface area (TPSA) is 88.9 Å². The lowest BCUT2D eigenvalue weighted by Gasteiger charge is -2.22. The molecule has 2 unspecified atom stereocenters. The van der Waals surface area contributed by atoms with Gasteiger partial charge in [-0.3, -0.25) is 9.00 Å². The minimum Gasteiger partial charge on any atom is -0.347 e. The van der Waals surface area contributed by atoms with Crippen LogP contribution >= 0.6 is 0 Å². The van der Waals surface area contributed by atoms with E-state index in [9.17, 15) is 9.00 Å². The minimum atomic E-state index is -0.930. The zero-order valence-electron chi connectivity index (χ0n) is 11.8. The second-order valence-corrected chi connectivity index (χ2v) is 6.66. The number of nitrogens with one attached hydrogen (secondary N) is 2. The van der Waals surface area contributed by atoms with Crippen LogP contribution < -0.4 is 10.6 Å². The number of amides is 1. The van der Waals surface area contributed by atoms with E-state index in [1.807, 2.05) is 6.92 Å². The standard InChI is InChI=1S/C12H21N5O2S/c1-9(8-20(2)19)14-12(18)11-7-17(16-15-11)10-3-5-13-6-4-10/h7,9-10,13H,3-6,8H2,1-2H3,(H,14,18). The maximum Gasteiger partial charge on any atom is 0.273 e. The zero-order chi connectivity index (χ0) is 14.5. The van der Waals surface area contributed by atoms with Gasteiger partial charge in [0.15, 0.2) is 5.69 Å². The summed E-state index contributed by atoms with van der Waals surface area (Å²) in [5, 5.41) is 14.0. The van der Waals surface area contributed by atoms with Gasteiger partial charge < -0.3 is 10.6 Å². The van der Waals surface area contributed by atoms with Gasteiger partial charge in [-0.2, -0.15) is 0 Å². The van der Waals surface area contributed by atoms with Gasteiger partial charge >= 0.3 is 0 Å². The van der Waals surface area contributed by atoms with Crippen molar-refractivity contribution in [2.45, 2.75) is 31.8 Å². The van der Waals surface area contributed by atoms with Gasteiger partial charge in [0.25, 0.3) is 5.91 Å². The first-order chi connectivity index (χ1) is 9.56. The lowest BCUT2D eigenvalue weighted by atomic mass is 10.1. The average molecular weight is 299 g/mol. The summed E-state index contributed by atoms with van der Waals surface area (Å²) in [5.74, 6) is 0.178. The summed E-state index contributed by atoms with van der Waals surface area (Å²) in [6.45, 7) is 3.76. The Hall–Kier alpha value is -1.28. The molecular formula is C12H21N5O2S. The van der Waals surface area contributed by atoms with Crippen molar-refractivity contribution in [1.29, 1.82) is 0 Å². The summed E-state index contributed by atoms with van der Waals surface area (Å²) in [6, 6.07) is 0.170. The van der Waals surface area contributed by atoms with Crippen molar-refractivity contribution < 1.29 is 9.00 Å². The van der Waals surface area contributed by atoms with Crippen molar-refractivity contribution in [3.8, 4) is 0 Å². The van der Waals surface area contributed by atoms with Crippen LogP contribution in [0.5, 0.6) is 0 Å². The molecule has 1 aromatic heterocycles. The van der Waals surface area contributed by atoms with Crippen molar-refractivity contribution in [2.75, 3.05) is 25.1 Å². The van der Waals surface area contributed by atoms with Crippen LogP contribution in [-0.4, -0.2) is 56.2 Å². The van der Waals surface area contributed by atoms with E-state index in [1.54, 1.807) is 17.1 Å². The molecule has 8 heteroatoms. The number of carbonyl (C=O) groups is 1. The largest absolute Gasteiger partial charge is 0.347 e. The molecule has 1 saturated heterocycles. The van der Waals surface area contributed by atoms with E-state index >= 15 is 0 Å². The molecular weight excluding hydrogens is 278 g/mol. The Morgan fingerprint density at radius 1 is 1.60 bits per heavy atom. The van der Waals surface area contributed by atoms with Crippen molar-refractivity contribution in [1.82, 2.24) is 25.6 Å². The molecule has 1 aliphatic heterocycles. The molecule has 1 aromatic rings. The Labute approximate surface area is 121 Å². The third kappa shape index (κ3) is 4.11. The van der Waals surface area contributed by atoms with Gasteiger partial charge in [0.2, 0.25) is 0 Å². The number of piperidine rings is 1. The molecule has 2 heterocycles.